The maximum Gasteiger partial charge on any atom is 0.290 e. The topological polar surface area (TPSA) is 79.7 Å². The van der Waals surface area contributed by atoms with Crippen LogP contribution in [0.2, 0.25) is 0 Å². The van der Waals surface area contributed by atoms with Crippen LogP contribution in [0.1, 0.15) is 29.8 Å². The molecule has 1 aromatic carbocycles. The summed E-state index contributed by atoms with van der Waals surface area (Å²) in [7, 11) is 1.65. The lowest BCUT2D eigenvalue weighted by Gasteiger charge is -2.44. The predicted molar refractivity (Wildman–Crippen MR) is 96.5 cm³/mol. The Bertz CT molecular complexity index is 753. The van der Waals surface area contributed by atoms with Crippen LogP contribution in [-0.4, -0.2) is 53.4 Å². The number of carbonyl (C=O) groups is 2. The molecule has 2 aromatic rings. The second-order valence-electron chi connectivity index (χ2n) is 6.52. The number of hydrogen-bond donors (Lipinski definition) is 1. The third-order valence-electron chi connectivity index (χ3n) is 5.18. The molecule has 25 heavy (non-hydrogen) atoms. The highest BCUT2D eigenvalue weighted by molar-refractivity contribution is 7.13. The molecule has 2 bridgehead atoms. The minimum atomic E-state index is -0.250. The van der Waals surface area contributed by atoms with Crippen molar-refractivity contribution in [1.29, 1.82) is 0 Å². The van der Waals surface area contributed by atoms with E-state index in [1.165, 1.54) is 37.5 Å². The van der Waals surface area contributed by atoms with E-state index < -0.39 is 0 Å². The Morgan fingerprint density at radius 1 is 1.44 bits per heavy atom. The fourth-order valence-corrected chi connectivity index (χ4v) is 4.67. The second kappa shape index (κ2) is 7.93. The Balaban J connectivity index is 0.000000569. The maximum absolute atomic E-state index is 12.7. The van der Waals surface area contributed by atoms with E-state index in [1.54, 1.807) is 7.11 Å². The van der Waals surface area contributed by atoms with Gasteiger partial charge in [0.1, 0.15) is 11.4 Å². The van der Waals surface area contributed by atoms with Crippen LogP contribution < -0.4 is 4.74 Å². The first kappa shape index (κ1) is 17.8. The maximum atomic E-state index is 12.7. The van der Waals surface area contributed by atoms with E-state index in [-0.39, 0.29) is 12.3 Å². The molecule has 5 rings (SSSR count). The van der Waals surface area contributed by atoms with Crippen LogP contribution in [0.15, 0.2) is 18.2 Å². The van der Waals surface area contributed by atoms with E-state index in [0.29, 0.717) is 18.0 Å². The molecule has 1 atom stereocenters. The summed E-state index contributed by atoms with van der Waals surface area (Å²) in [4.78, 5) is 23.6. The van der Waals surface area contributed by atoms with E-state index in [4.69, 9.17) is 14.6 Å². The molecule has 3 aliphatic rings. The first-order chi connectivity index (χ1) is 12.2. The van der Waals surface area contributed by atoms with Gasteiger partial charge in [-0.15, -0.1) is 0 Å². The highest BCUT2D eigenvalue weighted by Gasteiger charge is 2.35. The molecule has 3 saturated heterocycles. The van der Waals surface area contributed by atoms with Crippen LogP contribution in [0.3, 0.4) is 0 Å². The fourth-order valence-electron chi connectivity index (χ4n) is 3.90. The van der Waals surface area contributed by atoms with Gasteiger partial charge in [0, 0.05) is 18.4 Å². The van der Waals surface area contributed by atoms with E-state index in [2.05, 4.69) is 9.27 Å². The highest BCUT2D eigenvalue weighted by atomic mass is 32.1. The number of ether oxygens (including phenoxy) is 1. The van der Waals surface area contributed by atoms with Crippen LogP contribution in [0.4, 0.5) is 0 Å². The summed E-state index contributed by atoms with van der Waals surface area (Å²) in [6.07, 6.45) is 3.14. The summed E-state index contributed by atoms with van der Waals surface area (Å²) in [5.74, 6) is 2.22. The Labute approximate surface area is 150 Å². The smallest absolute Gasteiger partial charge is 0.290 e. The van der Waals surface area contributed by atoms with Gasteiger partial charge in [0.2, 0.25) is 0 Å². The third-order valence-corrected chi connectivity index (χ3v) is 6.01. The highest BCUT2D eigenvalue weighted by Crippen LogP contribution is 2.36. The monoisotopic (exact) mass is 362 g/mol. The summed E-state index contributed by atoms with van der Waals surface area (Å²) in [5.41, 5.74) is 0.635. The lowest BCUT2D eigenvalue weighted by atomic mass is 9.76. The first-order valence-electron chi connectivity index (χ1n) is 8.43. The Morgan fingerprint density at radius 3 is 2.76 bits per heavy atom. The molecule has 0 amide bonds. The summed E-state index contributed by atoms with van der Waals surface area (Å²) >= 11 is 1.40. The number of fused-ring (bicyclic) bond motifs is 4. The summed E-state index contributed by atoms with van der Waals surface area (Å²) in [5, 5.41) is 7.83. The molecule has 1 aromatic heterocycles. The van der Waals surface area contributed by atoms with Crippen molar-refractivity contribution in [1.82, 2.24) is 9.27 Å². The van der Waals surface area contributed by atoms with E-state index in [0.717, 1.165) is 28.3 Å². The zero-order valence-corrected chi connectivity index (χ0v) is 15.0. The Hall–Kier alpha value is -1.99. The van der Waals surface area contributed by atoms with Gasteiger partial charge < -0.3 is 14.7 Å². The molecule has 134 valence electrons. The van der Waals surface area contributed by atoms with Crippen molar-refractivity contribution in [3.05, 3.63) is 23.9 Å². The van der Waals surface area contributed by atoms with E-state index in [9.17, 15) is 4.79 Å². The summed E-state index contributed by atoms with van der Waals surface area (Å²) in [6, 6.07) is 5.83. The van der Waals surface area contributed by atoms with Gasteiger partial charge >= 0.3 is 0 Å². The van der Waals surface area contributed by atoms with Gasteiger partial charge in [0.15, 0.2) is 5.78 Å². The predicted octanol–water partition coefficient (Wildman–Crippen LogP) is 2.92. The van der Waals surface area contributed by atoms with E-state index >= 15 is 0 Å². The Morgan fingerprint density at radius 2 is 2.16 bits per heavy atom. The van der Waals surface area contributed by atoms with Crippen LogP contribution in [0.5, 0.6) is 5.75 Å². The lowest BCUT2D eigenvalue weighted by molar-refractivity contribution is -0.122. The van der Waals surface area contributed by atoms with Gasteiger partial charge in [-0.1, -0.05) is 0 Å². The van der Waals surface area contributed by atoms with Crippen molar-refractivity contribution in [2.45, 2.75) is 19.3 Å². The first-order valence-corrected chi connectivity index (χ1v) is 9.20. The van der Waals surface area contributed by atoms with Crippen molar-refractivity contribution >= 4 is 33.9 Å². The van der Waals surface area contributed by atoms with Gasteiger partial charge in [0.05, 0.1) is 11.8 Å². The number of nitrogens with zero attached hydrogens (tertiary/aromatic N) is 2. The zero-order chi connectivity index (χ0) is 17.8. The number of hydrogen-bond acceptors (Lipinski definition) is 6. The average molecular weight is 362 g/mol. The molecule has 4 heterocycles. The molecule has 0 aliphatic carbocycles. The van der Waals surface area contributed by atoms with Gasteiger partial charge in [0.25, 0.3) is 6.47 Å². The molecular formula is C18H22N2O4S. The molecule has 1 N–H and O–H groups in total. The van der Waals surface area contributed by atoms with Crippen LogP contribution in [0, 0.1) is 11.8 Å². The molecule has 3 fully saturated rings. The van der Waals surface area contributed by atoms with Crippen LogP contribution in [-0.2, 0) is 4.79 Å². The van der Waals surface area contributed by atoms with Gasteiger partial charge in [-0.3, -0.25) is 9.59 Å². The number of Topliss-reactive ketones (excluding diaryl/α,β-unsaturated/α-hetero) is 1. The molecule has 3 aliphatic heterocycles. The van der Waals surface area contributed by atoms with Gasteiger partial charge in [-0.25, -0.2) is 0 Å². The van der Waals surface area contributed by atoms with Crippen molar-refractivity contribution in [2.24, 2.45) is 11.8 Å². The molecule has 6 nitrogen and oxygen atoms in total. The normalized spacial score (nSPS) is 24.4. The fraction of sp³-hybridized carbons (Fsp3) is 0.500. The molecule has 0 radical (unpaired) electrons. The van der Waals surface area contributed by atoms with Crippen LogP contribution >= 0.6 is 11.5 Å². The lowest BCUT2D eigenvalue weighted by Crippen LogP contribution is -2.47. The SMILES string of the molecule is COc1ccc2snc(C(=O)C[C@H]3CN4CCC3CC4)c2c1.O=CO. The summed E-state index contributed by atoms with van der Waals surface area (Å²) < 4.78 is 10.8. The molecule has 0 unspecified atom stereocenters. The van der Waals surface area contributed by atoms with Crippen molar-refractivity contribution in [2.75, 3.05) is 26.7 Å². The molecular weight excluding hydrogens is 340 g/mol. The summed E-state index contributed by atoms with van der Waals surface area (Å²) in [6.45, 7) is 3.26. The van der Waals surface area contributed by atoms with E-state index in [1.807, 2.05) is 18.2 Å². The number of piperidine rings is 3. The second-order valence-corrected chi connectivity index (χ2v) is 7.33. The van der Waals surface area contributed by atoms with Gasteiger partial charge in [-0.2, -0.15) is 4.37 Å². The number of benzene rings is 1. The number of methoxy groups -OCH3 is 1. The number of rotatable bonds is 4. The number of carbonyl (C=O) groups excluding carboxylic acids is 1. The zero-order valence-electron chi connectivity index (χ0n) is 14.2. The van der Waals surface area contributed by atoms with Crippen molar-refractivity contribution < 1.29 is 19.4 Å². The van der Waals surface area contributed by atoms with Crippen molar-refractivity contribution in [3.8, 4) is 5.75 Å². The van der Waals surface area contributed by atoms with Crippen LogP contribution in [0.25, 0.3) is 10.1 Å². The molecule has 0 spiro atoms. The number of aromatic nitrogens is 1. The largest absolute Gasteiger partial charge is 0.497 e. The number of carboxylic acid groups (broad SMARTS) is 1. The minimum absolute atomic E-state index is 0.193. The third kappa shape index (κ3) is 3.82. The molecule has 7 heteroatoms. The van der Waals surface area contributed by atoms with Crippen molar-refractivity contribution in [3.63, 3.8) is 0 Å². The number of ketones is 1. The standard InChI is InChI=1S/C17H20N2O2S.CH2O2/c1-21-13-2-3-16-14(9-13)17(18-22-16)15(20)8-12-10-19-6-4-11(12)5-7-19;2-1-3/h2-3,9,11-12H,4-8,10H2,1H3;1H,(H,2,3)/t12-;/m0./s1. The Kier molecular flexibility index (Phi) is 5.65. The molecule has 0 saturated carbocycles. The minimum Gasteiger partial charge on any atom is -0.497 e. The van der Waals surface area contributed by atoms with Gasteiger partial charge in [-0.05, 0) is 67.5 Å². The average Bonchev–Trinajstić information content (AvgIpc) is 3.06. The quantitative estimate of drug-likeness (QED) is 0.665.